The number of nitrogens with two attached hydrogens (primary N) is 1. The van der Waals surface area contributed by atoms with Crippen molar-refractivity contribution in [1.29, 1.82) is 0 Å². The molecule has 0 bridgehead atoms. The van der Waals surface area contributed by atoms with Gasteiger partial charge in [0.1, 0.15) is 6.61 Å². The van der Waals surface area contributed by atoms with E-state index in [1.54, 1.807) is 6.20 Å². The summed E-state index contributed by atoms with van der Waals surface area (Å²) in [6.45, 7) is 2.09. The maximum Gasteiger partial charge on any atom is 0.405 e. The summed E-state index contributed by atoms with van der Waals surface area (Å²) in [6.07, 6.45) is 0.170. The molecule has 0 saturated carbocycles. The summed E-state index contributed by atoms with van der Waals surface area (Å²) in [5, 5.41) is 0. The van der Waals surface area contributed by atoms with Gasteiger partial charge in [-0.2, -0.15) is 0 Å². The maximum atomic E-state index is 11.1. The van der Waals surface area contributed by atoms with Crippen molar-refractivity contribution < 1.29 is 14.3 Å². The third-order valence-corrected chi connectivity index (χ3v) is 3.85. The van der Waals surface area contributed by atoms with Crippen LogP contribution in [-0.2, 0) is 4.74 Å². The van der Waals surface area contributed by atoms with E-state index in [1.807, 2.05) is 37.3 Å². The Morgan fingerprint density at radius 2 is 2.00 bits per heavy atom. The number of carbonyl (C=O) groups is 1. The fourth-order valence-corrected chi connectivity index (χ4v) is 2.88. The van der Waals surface area contributed by atoms with Gasteiger partial charge < -0.3 is 15.2 Å². The van der Waals surface area contributed by atoms with Crippen molar-refractivity contribution in [2.45, 2.75) is 13.0 Å². The summed E-state index contributed by atoms with van der Waals surface area (Å²) in [6, 6.07) is 9.42. The first-order valence-electron chi connectivity index (χ1n) is 6.42. The van der Waals surface area contributed by atoms with Crippen molar-refractivity contribution in [2.75, 3.05) is 6.61 Å². The average Bonchev–Trinajstić information content (AvgIpc) is 2.45. The predicted molar refractivity (Wildman–Crippen MR) is 89.7 cm³/mol. The van der Waals surface area contributed by atoms with Gasteiger partial charge in [0, 0.05) is 10.7 Å². The molecular weight excluding hydrogens is 416 g/mol. The number of ether oxygens (including phenoxy) is 2. The van der Waals surface area contributed by atoms with E-state index in [0.717, 1.165) is 15.6 Å². The molecule has 1 amide bonds. The van der Waals surface area contributed by atoms with Crippen LogP contribution in [0.15, 0.2) is 45.5 Å². The molecule has 2 aromatic rings. The molecule has 5 nitrogen and oxygen atoms in total. The largest absolute Gasteiger partial charge is 0.473 e. The number of pyridine rings is 1. The number of nitrogens with zero attached hydrogens (tertiary/aromatic N) is 1. The van der Waals surface area contributed by atoms with Crippen LogP contribution >= 0.6 is 31.9 Å². The Labute approximate surface area is 145 Å². The quantitative estimate of drug-likeness (QED) is 0.775. The number of hydrogen-bond donors (Lipinski definition) is 1. The molecule has 0 aliphatic rings. The molecule has 0 aliphatic carbocycles. The highest BCUT2D eigenvalue weighted by Crippen LogP contribution is 2.27. The number of amides is 1. The first-order chi connectivity index (χ1) is 10.5. The summed E-state index contributed by atoms with van der Waals surface area (Å²) < 4.78 is 12.3. The smallest absolute Gasteiger partial charge is 0.405 e. The summed E-state index contributed by atoms with van der Waals surface area (Å²) in [5.74, 6) is 0.411. The van der Waals surface area contributed by atoms with Gasteiger partial charge in [0.2, 0.25) is 5.88 Å². The van der Waals surface area contributed by atoms with Crippen LogP contribution in [0.25, 0.3) is 0 Å². The number of primary amides is 1. The molecule has 1 aromatic carbocycles. The minimum atomic E-state index is -0.850. The second-order valence-electron chi connectivity index (χ2n) is 4.59. The van der Waals surface area contributed by atoms with Gasteiger partial charge in [0.25, 0.3) is 0 Å². The van der Waals surface area contributed by atoms with Gasteiger partial charge in [-0.05, 0) is 50.4 Å². The van der Waals surface area contributed by atoms with Gasteiger partial charge in [0.05, 0.1) is 4.47 Å². The highest BCUT2D eigenvalue weighted by Gasteiger charge is 2.17. The fourth-order valence-electron chi connectivity index (χ4n) is 1.78. The van der Waals surface area contributed by atoms with Gasteiger partial charge >= 0.3 is 6.09 Å². The predicted octanol–water partition coefficient (Wildman–Crippen LogP) is 4.13. The molecule has 7 heteroatoms. The molecule has 0 saturated heterocycles. The van der Waals surface area contributed by atoms with Crippen molar-refractivity contribution >= 4 is 38.0 Å². The minimum absolute atomic E-state index is 0.110. The van der Waals surface area contributed by atoms with E-state index >= 15 is 0 Å². The number of hydrogen-bond acceptors (Lipinski definition) is 4. The molecule has 0 aliphatic heterocycles. The molecular formula is C15H14Br2N2O3. The second kappa shape index (κ2) is 7.60. The monoisotopic (exact) mass is 428 g/mol. The van der Waals surface area contributed by atoms with Crippen LogP contribution < -0.4 is 10.5 Å². The Morgan fingerprint density at radius 3 is 2.59 bits per heavy atom. The normalized spacial score (nSPS) is 11.8. The number of aryl methyl sites for hydroxylation is 1. The van der Waals surface area contributed by atoms with E-state index in [0.29, 0.717) is 10.4 Å². The lowest BCUT2D eigenvalue weighted by atomic mass is 10.1. The second-order valence-corrected chi connectivity index (χ2v) is 6.36. The van der Waals surface area contributed by atoms with Crippen LogP contribution in [0.1, 0.15) is 17.2 Å². The molecule has 0 fully saturated rings. The van der Waals surface area contributed by atoms with Crippen molar-refractivity contribution in [3.05, 3.63) is 56.6 Å². The standard InChI is InChI=1S/C15H14Br2N2O3/c1-9-2-4-10(5-3-9)13(22-15(18)20)8-21-14-12(17)6-11(16)7-19-14/h2-7,13H,8H2,1H3,(H2,18,20)/t13-/m1/s1. The minimum Gasteiger partial charge on any atom is -0.473 e. The SMILES string of the molecule is Cc1ccc([C@@H](COc2ncc(Br)cc2Br)OC(N)=O)cc1. The first kappa shape index (κ1) is 16.8. The number of carbonyl (C=O) groups excluding carboxylic acids is 1. The maximum absolute atomic E-state index is 11.1. The number of halogens is 2. The van der Waals surface area contributed by atoms with Crippen molar-refractivity contribution in [1.82, 2.24) is 4.98 Å². The fraction of sp³-hybridized carbons (Fsp3) is 0.200. The Bertz CT molecular complexity index is 662. The number of aromatic nitrogens is 1. The van der Waals surface area contributed by atoms with E-state index in [2.05, 4.69) is 36.8 Å². The van der Waals surface area contributed by atoms with Crippen LogP contribution in [0, 0.1) is 6.92 Å². The van der Waals surface area contributed by atoms with E-state index in [1.165, 1.54) is 0 Å². The van der Waals surface area contributed by atoms with Crippen LogP contribution in [0.4, 0.5) is 4.79 Å². The Hall–Kier alpha value is -1.60. The molecule has 1 atom stereocenters. The highest BCUT2D eigenvalue weighted by atomic mass is 79.9. The summed E-state index contributed by atoms with van der Waals surface area (Å²) in [5.41, 5.74) is 7.05. The van der Waals surface area contributed by atoms with E-state index < -0.39 is 12.2 Å². The molecule has 1 aromatic heterocycles. The average molecular weight is 430 g/mol. The topological polar surface area (TPSA) is 74.4 Å². The van der Waals surface area contributed by atoms with Crippen LogP contribution in [0.5, 0.6) is 5.88 Å². The molecule has 2 N–H and O–H groups in total. The first-order valence-corrected chi connectivity index (χ1v) is 8.01. The summed E-state index contributed by atoms with van der Waals surface area (Å²) in [7, 11) is 0. The Balaban J connectivity index is 2.13. The highest BCUT2D eigenvalue weighted by molar-refractivity contribution is 9.11. The third-order valence-electron chi connectivity index (χ3n) is 2.85. The Morgan fingerprint density at radius 1 is 1.32 bits per heavy atom. The molecule has 0 radical (unpaired) electrons. The Kier molecular flexibility index (Phi) is 5.79. The van der Waals surface area contributed by atoms with Crippen molar-refractivity contribution in [3.63, 3.8) is 0 Å². The van der Waals surface area contributed by atoms with Crippen LogP contribution in [-0.4, -0.2) is 17.7 Å². The van der Waals surface area contributed by atoms with E-state index in [4.69, 9.17) is 15.2 Å². The van der Waals surface area contributed by atoms with Gasteiger partial charge in [0.15, 0.2) is 6.10 Å². The van der Waals surface area contributed by atoms with E-state index in [-0.39, 0.29) is 6.61 Å². The molecule has 2 rings (SSSR count). The molecule has 1 heterocycles. The number of rotatable bonds is 5. The van der Waals surface area contributed by atoms with Crippen LogP contribution in [0.3, 0.4) is 0 Å². The lowest BCUT2D eigenvalue weighted by molar-refractivity contribution is 0.0695. The third kappa shape index (κ3) is 4.71. The van der Waals surface area contributed by atoms with Gasteiger partial charge in [-0.3, -0.25) is 0 Å². The van der Waals surface area contributed by atoms with E-state index in [9.17, 15) is 4.79 Å². The zero-order chi connectivity index (χ0) is 16.1. The van der Waals surface area contributed by atoms with Crippen LogP contribution in [0.2, 0.25) is 0 Å². The zero-order valence-electron chi connectivity index (χ0n) is 11.8. The lowest BCUT2D eigenvalue weighted by Crippen LogP contribution is -2.22. The van der Waals surface area contributed by atoms with Crippen molar-refractivity contribution in [3.8, 4) is 5.88 Å². The van der Waals surface area contributed by atoms with Gasteiger partial charge in [-0.25, -0.2) is 9.78 Å². The lowest BCUT2D eigenvalue weighted by Gasteiger charge is -2.18. The summed E-state index contributed by atoms with van der Waals surface area (Å²) >= 11 is 6.68. The molecule has 0 spiro atoms. The van der Waals surface area contributed by atoms with Crippen molar-refractivity contribution in [2.24, 2.45) is 5.73 Å². The van der Waals surface area contributed by atoms with Gasteiger partial charge in [-0.15, -0.1) is 0 Å². The molecule has 116 valence electrons. The summed E-state index contributed by atoms with van der Waals surface area (Å²) in [4.78, 5) is 15.2. The van der Waals surface area contributed by atoms with Gasteiger partial charge in [-0.1, -0.05) is 29.8 Å². The number of benzene rings is 1. The molecule has 0 unspecified atom stereocenters. The molecule has 22 heavy (non-hydrogen) atoms. The zero-order valence-corrected chi connectivity index (χ0v) is 14.9.